The van der Waals surface area contributed by atoms with Crippen LogP contribution in [-0.4, -0.2) is 17.8 Å². The van der Waals surface area contributed by atoms with Crippen LogP contribution in [0.5, 0.6) is 0 Å². The van der Waals surface area contributed by atoms with Gasteiger partial charge in [0.25, 0.3) is 0 Å². The number of carbonyl (C=O) groups excluding carboxylic acids is 1. The SMILES string of the molecule is C=CC1(C)CC1(Sc1ccccc1)C(=O)OC. The van der Waals surface area contributed by atoms with Gasteiger partial charge in [-0.25, -0.2) is 0 Å². The normalized spacial score (nSPS) is 30.7. The third-order valence-electron chi connectivity index (χ3n) is 3.41. The first-order valence-electron chi connectivity index (χ1n) is 5.54. The monoisotopic (exact) mass is 248 g/mol. The molecule has 0 aromatic heterocycles. The average Bonchev–Trinajstić information content (AvgIpc) is 2.97. The maximum atomic E-state index is 12.0. The molecule has 2 nitrogen and oxygen atoms in total. The van der Waals surface area contributed by atoms with E-state index in [1.54, 1.807) is 11.8 Å². The van der Waals surface area contributed by atoms with Crippen LogP contribution in [-0.2, 0) is 9.53 Å². The molecule has 0 heterocycles. The molecule has 1 saturated carbocycles. The second kappa shape index (κ2) is 4.22. The van der Waals surface area contributed by atoms with Crippen LogP contribution in [0, 0.1) is 5.41 Å². The lowest BCUT2D eigenvalue weighted by atomic mass is 10.1. The Kier molecular flexibility index (Phi) is 3.04. The Labute approximate surface area is 106 Å². The van der Waals surface area contributed by atoms with Gasteiger partial charge in [0, 0.05) is 10.3 Å². The maximum absolute atomic E-state index is 12.0. The summed E-state index contributed by atoms with van der Waals surface area (Å²) in [6.45, 7) is 5.88. The number of hydrogen-bond donors (Lipinski definition) is 0. The number of allylic oxidation sites excluding steroid dienone is 1. The number of thioether (sulfide) groups is 1. The Morgan fingerprint density at radius 1 is 1.47 bits per heavy atom. The fraction of sp³-hybridized carbons (Fsp3) is 0.357. The van der Waals surface area contributed by atoms with Crippen LogP contribution in [0.1, 0.15) is 13.3 Å². The highest BCUT2D eigenvalue weighted by Crippen LogP contribution is 2.67. The van der Waals surface area contributed by atoms with E-state index in [-0.39, 0.29) is 11.4 Å². The summed E-state index contributed by atoms with van der Waals surface area (Å²) in [6, 6.07) is 9.94. The van der Waals surface area contributed by atoms with Gasteiger partial charge >= 0.3 is 5.97 Å². The van der Waals surface area contributed by atoms with Crippen LogP contribution in [0.3, 0.4) is 0 Å². The van der Waals surface area contributed by atoms with E-state index in [4.69, 9.17) is 4.74 Å². The van der Waals surface area contributed by atoms with Gasteiger partial charge in [-0.2, -0.15) is 0 Å². The van der Waals surface area contributed by atoms with Crippen LogP contribution < -0.4 is 0 Å². The molecule has 2 rings (SSSR count). The Hall–Kier alpha value is -1.22. The van der Waals surface area contributed by atoms with E-state index in [2.05, 4.69) is 6.58 Å². The maximum Gasteiger partial charge on any atom is 0.323 e. The highest BCUT2D eigenvalue weighted by atomic mass is 32.2. The van der Waals surface area contributed by atoms with Crippen molar-refractivity contribution in [3.63, 3.8) is 0 Å². The summed E-state index contributed by atoms with van der Waals surface area (Å²) in [5, 5.41) is 0. The molecule has 90 valence electrons. The minimum absolute atomic E-state index is 0.159. The summed E-state index contributed by atoms with van der Waals surface area (Å²) in [6.07, 6.45) is 2.65. The summed E-state index contributed by atoms with van der Waals surface area (Å²) < 4.78 is 4.44. The van der Waals surface area contributed by atoms with Crippen molar-refractivity contribution in [1.29, 1.82) is 0 Å². The van der Waals surface area contributed by atoms with E-state index in [9.17, 15) is 4.79 Å². The van der Waals surface area contributed by atoms with Crippen LogP contribution in [0.2, 0.25) is 0 Å². The van der Waals surface area contributed by atoms with E-state index >= 15 is 0 Å². The van der Waals surface area contributed by atoms with E-state index in [1.807, 2.05) is 43.3 Å². The molecule has 0 saturated heterocycles. The minimum atomic E-state index is -0.495. The van der Waals surface area contributed by atoms with Crippen molar-refractivity contribution >= 4 is 17.7 Å². The van der Waals surface area contributed by atoms with Crippen molar-refractivity contribution in [2.24, 2.45) is 5.41 Å². The highest BCUT2D eigenvalue weighted by Gasteiger charge is 2.69. The standard InChI is InChI=1S/C14H16O2S/c1-4-13(2)10-14(13,12(15)16-3)17-11-8-6-5-7-9-11/h4-9H,1,10H2,2-3H3. The van der Waals surface area contributed by atoms with Gasteiger partial charge in [-0.3, -0.25) is 4.79 Å². The number of hydrogen-bond acceptors (Lipinski definition) is 3. The zero-order chi connectivity index (χ0) is 12.5. The second-order valence-corrected chi connectivity index (χ2v) is 5.90. The van der Waals surface area contributed by atoms with Crippen molar-refractivity contribution in [1.82, 2.24) is 0 Å². The van der Waals surface area contributed by atoms with E-state index in [0.717, 1.165) is 11.3 Å². The lowest BCUT2D eigenvalue weighted by Gasteiger charge is -2.17. The highest BCUT2D eigenvalue weighted by molar-refractivity contribution is 8.01. The van der Waals surface area contributed by atoms with Gasteiger partial charge in [0.1, 0.15) is 4.75 Å². The first-order valence-corrected chi connectivity index (χ1v) is 6.36. The lowest BCUT2D eigenvalue weighted by molar-refractivity contribution is -0.141. The number of carbonyl (C=O) groups is 1. The van der Waals surface area contributed by atoms with Crippen molar-refractivity contribution in [2.45, 2.75) is 23.0 Å². The van der Waals surface area contributed by atoms with Crippen LogP contribution in [0.15, 0.2) is 47.9 Å². The number of benzene rings is 1. The van der Waals surface area contributed by atoms with Crippen LogP contribution in [0.25, 0.3) is 0 Å². The first-order chi connectivity index (χ1) is 8.08. The van der Waals surface area contributed by atoms with Gasteiger partial charge in [0.2, 0.25) is 0 Å². The molecule has 0 spiro atoms. The summed E-state index contributed by atoms with van der Waals surface area (Å²) in [4.78, 5) is 13.1. The predicted molar refractivity (Wildman–Crippen MR) is 70.0 cm³/mol. The number of esters is 1. The van der Waals surface area contributed by atoms with Gasteiger partial charge in [0.05, 0.1) is 7.11 Å². The molecular weight excluding hydrogens is 232 g/mol. The quantitative estimate of drug-likeness (QED) is 0.604. The molecule has 0 radical (unpaired) electrons. The van der Waals surface area contributed by atoms with E-state index in [1.165, 1.54) is 7.11 Å². The summed E-state index contributed by atoms with van der Waals surface area (Å²) in [5.74, 6) is -0.159. The van der Waals surface area contributed by atoms with Crippen LogP contribution >= 0.6 is 11.8 Å². The third kappa shape index (κ3) is 1.89. The third-order valence-corrected chi connectivity index (χ3v) is 5.05. The van der Waals surface area contributed by atoms with Crippen molar-refractivity contribution < 1.29 is 9.53 Å². The molecule has 0 aliphatic heterocycles. The molecule has 1 aromatic carbocycles. The summed E-state index contributed by atoms with van der Waals surface area (Å²) in [5.41, 5.74) is -0.166. The summed E-state index contributed by atoms with van der Waals surface area (Å²) in [7, 11) is 1.44. The molecule has 1 aromatic rings. The molecule has 1 fully saturated rings. The second-order valence-electron chi connectivity index (χ2n) is 4.53. The molecule has 17 heavy (non-hydrogen) atoms. The molecule has 1 aliphatic rings. The van der Waals surface area contributed by atoms with Crippen molar-refractivity contribution in [3.8, 4) is 0 Å². The number of methoxy groups -OCH3 is 1. The fourth-order valence-electron chi connectivity index (χ4n) is 2.06. The zero-order valence-corrected chi connectivity index (χ0v) is 10.9. The molecular formula is C14H16O2S. The molecule has 1 aliphatic carbocycles. The fourth-order valence-corrected chi connectivity index (χ4v) is 3.61. The Balaban J connectivity index is 2.26. The zero-order valence-electron chi connectivity index (χ0n) is 10.1. The van der Waals surface area contributed by atoms with E-state index < -0.39 is 4.75 Å². The average molecular weight is 248 g/mol. The van der Waals surface area contributed by atoms with Gasteiger partial charge in [-0.05, 0) is 18.6 Å². The molecule has 3 heteroatoms. The smallest absolute Gasteiger partial charge is 0.323 e. The Bertz CT molecular complexity index is 443. The predicted octanol–water partition coefficient (Wildman–Crippen LogP) is 3.29. The Morgan fingerprint density at radius 3 is 2.59 bits per heavy atom. The number of ether oxygens (including phenoxy) is 1. The molecule has 0 amide bonds. The van der Waals surface area contributed by atoms with Crippen molar-refractivity contribution in [3.05, 3.63) is 43.0 Å². The summed E-state index contributed by atoms with van der Waals surface area (Å²) >= 11 is 1.58. The number of rotatable bonds is 4. The van der Waals surface area contributed by atoms with Crippen molar-refractivity contribution in [2.75, 3.05) is 7.11 Å². The van der Waals surface area contributed by atoms with E-state index in [0.29, 0.717) is 0 Å². The first kappa shape index (κ1) is 12.2. The largest absolute Gasteiger partial charge is 0.468 e. The van der Waals surface area contributed by atoms with Crippen LogP contribution in [0.4, 0.5) is 0 Å². The molecule has 2 unspecified atom stereocenters. The van der Waals surface area contributed by atoms with Gasteiger partial charge in [-0.1, -0.05) is 31.2 Å². The van der Waals surface area contributed by atoms with Gasteiger partial charge < -0.3 is 4.74 Å². The Morgan fingerprint density at radius 2 is 2.12 bits per heavy atom. The molecule has 2 atom stereocenters. The topological polar surface area (TPSA) is 26.3 Å². The molecule has 0 bridgehead atoms. The minimum Gasteiger partial charge on any atom is -0.468 e. The van der Waals surface area contributed by atoms with Gasteiger partial charge in [0.15, 0.2) is 0 Å². The lowest BCUT2D eigenvalue weighted by Crippen LogP contribution is -2.26. The van der Waals surface area contributed by atoms with Gasteiger partial charge in [-0.15, -0.1) is 18.3 Å². The molecule has 0 N–H and O–H groups in total.